The molecule has 0 amide bonds. The standard InChI is InChI=1S/C10H21NO.C8H15F/c1-10(2)4-3-5-11-6-8-12-9-7-11;1-7(2)6-8(9)4-3-5-8/h10H,3-9H2,1-2H3;7H,3-6H2,1-2H3. The van der Waals surface area contributed by atoms with Crippen molar-refractivity contribution in [3.8, 4) is 0 Å². The van der Waals surface area contributed by atoms with Crippen molar-refractivity contribution in [2.24, 2.45) is 11.8 Å². The van der Waals surface area contributed by atoms with E-state index >= 15 is 0 Å². The molecule has 2 aliphatic rings. The van der Waals surface area contributed by atoms with E-state index in [1.807, 2.05) is 0 Å². The third-order valence-electron chi connectivity index (χ3n) is 4.38. The Hall–Kier alpha value is -0.150. The molecule has 0 aromatic carbocycles. The van der Waals surface area contributed by atoms with Gasteiger partial charge in [0.05, 0.1) is 13.2 Å². The van der Waals surface area contributed by atoms with Crippen LogP contribution in [0, 0.1) is 11.8 Å². The number of halogens is 1. The minimum atomic E-state index is -0.756. The molecule has 2 nitrogen and oxygen atoms in total. The highest BCUT2D eigenvalue weighted by molar-refractivity contribution is 4.88. The molecule has 21 heavy (non-hydrogen) atoms. The fourth-order valence-electron chi connectivity index (χ4n) is 3.04. The first-order valence-electron chi connectivity index (χ1n) is 8.90. The minimum Gasteiger partial charge on any atom is -0.379 e. The number of nitrogens with zero attached hydrogens (tertiary/aromatic N) is 1. The summed E-state index contributed by atoms with van der Waals surface area (Å²) in [5.74, 6) is 1.38. The number of alkyl halides is 1. The Kier molecular flexibility index (Phi) is 8.80. The van der Waals surface area contributed by atoms with Crippen LogP contribution in [-0.2, 0) is 4.74 Å². The van der Waals surface area contributed by atoms with Crippen molar-refractivity contribution in [1.29, 1.82) is 0 Å². The summed E-state index contributed by atoms with van der Waals surface area (Å²) in [5, 5.41) is 0. The van der Waals surface area contributed by atoms with E-state index in [4.69, 9.17) is 4.74 Å². The molecule has 2 rings (SSSR count). The Balaban J connectivity index is 0.000000219. The van der Waals surface area contributed by atoms with Crippen molar-refractivity contribution in [3.63, 3.8) is 0 Å². The molecule has 0 spiro atoms. The fourth-order valence-corrected chi connectivity index (χ4v) is 3.04. The molecule has 3 heteroatoms. The highest BCUT2D eigenvalue weighted by Crippen LogP contribution is 2.40. The Labute approximate surface area is 131 Å². The Morgan fingerprint density at radius 3 is 2.05 bits per heavy atom. The molecule has 0 aromatic rings. The minimum absolute atomic E-state index is 0.523. The van der Waals surface area contributed by atoms with Gasteiger partial charge in [-0.25, -0.2) is 4.39 Å². The summed E-state index contributed by atoms with van der Waals surface area (Å²) in [6, 6.07) is 0. The maximum Gasteiger partial charge on any atom is 0.111 e. The van der Waals surface area contributed by atoms with Gasteiger partial charge < -0.3 is 4.74 Å². The van der Waals surface area contributed by atoms with E-state index in [1.54, 1.807) is 0 Å². The third kappa shape index (κ3) is 8.77. The van der Waals surface area contributed by atoms with Gasteiger partial charge in [-0.3, -0.25) is 4.90 Å². The Morgan fingerprint density at radius 2 is 1.67 bits per heavy atom. The van der Waals surface area contributed by atoms with Gasteiger partial charge in [0.25, 0.3) is 0 Å². The molecule has 0 N–H and O–H groups in total. The monoisotopic (exact) mass is 301 g/mol. The number of hydrogen-bond donors (Lipinski definition) is 0. The Morgan fingerprint density at radius 1 is 1.05 bits per heavy atom. The van der Waals surface area contributed by atoms with E-state index in [9.17, 15) is 4.39 Å². The molecular formula is C18H36FNO. The average molecular weight is 301 g/mol. The van der Waals surface area contributed by atoms with Gasteiger partial charge in [-0.15, -0.1) is 0 Å². The first kappa shape index (κ1) is 18.9. The molecule has 126 valence electrons. The molecule has 0 bridgehead atoms. The van der Waals surface area contributed by atoms with Crippen LogP contribution in [-0.4, -0.2) is 43.4 Å². The van der Waals surface area contributed by atoms with Gasteiger partial charge in [0, 0.05) is 13.1 Å². The van der Waals surface area contributed by atoms with E-state index in [1.165, 1.54) is 19.4 Å². The van der Waals surface area contributed by atoms with Crippen molar-refractivity contribution in [1.82, 2.24) is 4.90 Å². The van der Waals surface area contributed by atoms with Gasteiger partial charge in [0.15, 0.2) is 0 Å². The lowest BCUT2D eigenvalue weighted by molar-refractivity contribution is 0.0368. The van der Waals surface area contributed by atoms with Crippen molar-refractivity contribution < 1.29 is 9.13 Å². The van der Waals surface area contributed by atoms with E-state index in [0.29, 0.717) is 5.92 Å². The molecule has 0 atom stereocenters. The van der Waals surface area contributed by atoms with Crippen LogP contribution in [0.4, 0.5) is 4.39 Å². The van der Waals surface area contributed by atoms with Crippen LogP contribution in [0.1, 0.15) is 66.2 Å². The van der Waals surface area contributed by atoms with Crippen LogP contribution in [0.15, 0.2) is 0 Å². The van der Waals surface area contributed by atoms with Gasteiger partial charge in [-0.1, -0.05) is 27.7 Å². The van der Waals surface area contributed by atoms with Crippen LogP contribution in [0.5, 0.6) is 0 Å². The summed E-state index contributed by atoms with van der Waals surface area (Å²) in [4.78, 5) is 2.51. The van der Waals surface area contributed by atoms with Crippen LogP contribution >= 0.6 is 0 Å². The van der Waals surface area contributed by atoms with Gasteiger partial charge >= 0.3 is 0 Å². The quantitative estimate of drug-likeness (QED) is 0.706. The van der Waals surface area contributed by atoms with E-state index in [0.717, 1.165) is 57.9 Å². The van der Waals surface area contributed by atoms with Crippen molar-refractivity contribution >= 4 is 0 Å². The third-order valence-corrected chi connectivity index (χ3v) is 4.38. The topological polar surface area (TPSA) is 12.5 Å². The predicted octanol–water partition coefficient (Wildman–Crippen LogP) is 4.68. The van der Waals surface area contributed by atoms with Gasteiger partial charge in [0.1, 0.15) is 5.67 Å². The SMILES string of the molecule is CC(C)CC1(F)CCC1.CC(C)CCCN1CCOCC1. The summed E-state index contributed by atoms with van der Waals surface area (Å²) in [6.07, 6.45) is 6.20. The van der Waals surface area contributed by atoms with E-state index < -0.39 is 5.67 Å². The first-order chi connectivity index (χ1) is 9.91. The summed E-state index contributed by atoms with van der Waals surface area (Å²) >= 11 is 0. The van der Waals surface area contributed by atoms with Crippen LogP contribution < -0.4 is 0 Å². The zero-order chi connectivity index (χ0) is 15.7. The van der Waals surface area contributed by atoms with E-state index in [2.05, 4.69) is 32.6 Å². The lowest BCUT2D eigenvalue weighted by atomic mass is 9.77. The molecule has 1 aliphatic heterocycles. The van der Waals surface area contributed by atoms with E-state index in [-0.39, 0.29) is 0 Å². The normalized spacial score (nSPS) is 21.9. The summed E-state index contributed by atoms with van der Waals surface area (Å²) in [5.41, 5.74) is -0.756. The maximum absolute atomic E-state index is 13.2. The smallest absolute Gasteiger partial charge is 0.111 e. The lowest BCUT2D eigenvalue weighted by Crippen LogP contribution is -2.36. The first-order valence-corrected chi connectivity index (χ1v) is 8.90. The molecule has 1 aliphatic carbocycles. The zero-order valence-corrected chi connectivity index (χ0v) is 14.7. The summed E-state index contributed by atoms with van der Waals surface area (Å²) in [6.45, 7) is 14.2. The summed E-state index contributed by atoms with van der Waals surface area (Å²) < 4.78 is 18.4. The van der Waals surface area contributed by atoms with Crippen molar-refractivity contribution in [3.05, 3.63) is 0 Å². The largest absolute Gasteiger partial charge is 0.379 e. The molecule has 0 aromatic heterocycles. The van der Waals surface area contributed by atoms with Gasteiger partial charge in [0.2, 0.25) is 0 Å². The van der Waals surface area contributed by atoms with Gasteiger partial charge in [-0.05, 0) is 56.9 Å². The fraction of sp³-hybridized carbons (Fsp3) is 1.00. The molecule has 1 saturated carbocycles. The number of ether oxygens (including phenoxy) is 1. The second kappa shape index (κ2) is 9.78. The molecule has 1 saturated heterocycles. The second-order valence-corrected chi connectivity index (χ2v) is 7.59. The molecule has 1 heterocycles. The number of rotatable bonds is 6. The molecule has 2 fully saturated rings. The van der Waals surface area contributed by atoms with Crippen LogP contribution in [0.25, 0.3) is 0 Å². The lowest BCUT2D eigenvalue weighted by Gasteiger charge is -2.35. The second-order valence-electron chi connectivity index (χ2n) is 7.59. The highest BCUT2D eigenvalue weighted by atomic mass is 19.1. The maximum atomic E-state index is 13.2. The zero-order valence-electron chi connectivity index (χ0n) is 14.7. The number of hydrogen-bond acceptors (Lipinski definition) is 2. The molecule has 0 radical (unpaired) electrons. The van der Waals surface area contributed by atoms with Gasteiger partial charge in [-0.2, -0.15) is 0 Å². The highest BCUT2D eigenvalue weighted by Gasteiger charge is 2.36. The number of morpholine rings is 1. The van der Waals surface area contributed by atoms with Crippen molar-refractivity contribution in [2.45, 2.75) is 71.9 Å². The Bertz CT molecular complexity index is 258. The van der Waals surface area contributed by atoms with Crippen LogP contribution in [0.3, 0.4) is 0 Å². The van der Waals surface area contributed by atoms with Crippen LogP contribution in [0.2, 0.25) is 0 Å². The molecule has 0 unspecified atom stereocenters. The summed E-state index contributed by atoms with van der Waals surface area (Å²) in [7, 11) is 0. The average Bonchev–Trinajstić information content (AvgIpc) is 2.38. The predicted molar refractivity (Wildman–Crippen MR) is 88.5 cm³/mol. The van der Waals surface area contributed by atoms with Crippen molar-refractivity contribution in [2.75, 3.05) is 32.8 Å². The molecular weight excluding hydrogens is 265 g/mol.